The number of halogens is 2. The molecule has 0 aliphatic heterocycles. The smallest absolute Gasteiger partial charge is 1.00 e. The second-order valence-corrected chi connectivity index (χ2v) is 23.6. The molecule has 0 radical (unpaired) electrons. The number of rotatable bonds is 3. The van der Waals surface area contributed by atoms with Crippen LogP contribution in [0.2, 0.25) is 13.1 Å². The molecule has 1 aliphatic carbocycles. The summed E-state index contributed by atoms with van der Waals surface area (Å²) in [4.78, 5) is 0. The van der Waals surface area contributed by atoms with Crippen LogP contribution in [-0.2, 0) is 27.8 Å². The van der Waals surface area contributed by atoms with Crippen LogP contribution in [0.5, 0.6) is 5.75 Å². The molecule has 5 rings (SSSR count). The summed E-state index contributed by atoms with van der Waals surface area (Å²) in [6, 6.07) is 29.7. The minimum atomic E-state index is -2.05. The van der Waals surface area contributed by atoms with E-state index in [4.69, 9.17) is 3.32 Å². The van der Waals surface area contributed by atoms with Crippen LogP contribution in [0.1, 0.15) is 68.0 Å². The standard InChI is InChI=1S/C21H25.C10H8O.C2H6Si.2ClH.Ti/c1-20(2,3)16-7-9-18-14(12-16)11-15-13-17(21(4,5)6)8-10-19(15)18;11-10-6-5-8-3-1-2-4-9(8)7-10;1-3-2;;;/h7-13H,1-6H3;1-7,11H;1-2H3;2*1H;/q;;;;;+3/p-3. The Hall–Kier alpha value is -1.55. The first-order valence-electron chi connectivity index (χ1n) is 13.1. The summed E-state index contributed by atoms with van der Waals surface area (Å²) < 4.78 is 7.54. The van der Waals surface area contributed by atoms with E-state index in [2.05, 4.69) is 133 Å². The number of hydrogen-bond donors (Lipinski definition) is 0. The van der Waals surface area contributed by atoms with Crippen LogP contribution in [0, 0.1) is 0 Å². The van der Waals surface area contributed by atoms with Gasteiger partial charge in [0.15, 0.2) is 0 Å². The van der Waals surface area contributed by atoms with Gasteiger partial charge in [0.25, 0.3) is 0 Å². The summed E-state index contributed by atoms with van der Waals surface area (Å²) in [6.45, 7) is 18.9. The van der Waals surface area contributed by atoms with Crippen molar-refractivity contribution in [3.63, 3.8) is 0 Å². The van der Waals surface area contributed by atoms with Gasteiger partial charge in [-0.25, -0.2) is 0 Å². The van der Waals surface area contributed by atoms with Gasteiger partial charge >= 0.3 is 225 Å². The second kappa shape index (κ2) is 11.5. The quantitative estimate of drug-likeness (QED) is 0.330. The summed E-state index contributed by atoms with van der Waals surface area (Å²) in [5.41, 5.74) is 8.92. The average Bonchev–Trinajstić information content (AvgIpc) is 3.14. The molecular formula is C33H38Cl2OSiTi. The third-order valence-corrected chi connectivity index (χ3v) is 17.2. The molecule has 0 N–H and O–H groups in total. The van der Waals surface area contributed by atoms with E-state index in [0.29, 0.717) is 4.22 Å². The van der Waals surface area contributed by atoms with Crippen molar-refractivity contribution in [2.24, 2.45) is 0 Å². The van der Waals surface area contributed by atoms with Crippen molar-refractivity contribution in [3.8, 4) is 16.9 Å². The summed E-state index contributed by atoms with van der Waals surface area (Å²) >= 11 is -2.05. The number of hydrogen-bond acceptors (Lipinski definition) is 1. The van der Waals surface area contributed by atoms with Crippen LogP contribution in [0.4, 0.5) is 0 Å². The Kier molecular flexibility index (Phi) is 9.39. The fourth-order valence-electron chi connectivity index (χ4n) is 5.28. The van der Waals surface area contributed by atoms with Crippen molar-refractivity contribution in [2.75, 3.05) is 0 Å². The Bertz CT molecular complexity index is 1440. The zero-order chi connectivity index (χ0) is 25.8. The Labute approximate surface area is 248 Å². The monoisotopic (exact) mass is 596 g/mol. The molecule has 0 saturated heterocycles. The predicted octanol–water partition coefficient (Wildman–Crippen LogP) is 3.38. The van der Waals surface area contributed by atoms with Crippen molar-refractivity contribution >= 4 is 17.0 Å². The molecule has 5 heteroatoms. The first-order valence-corrected chi connectivity index (χ1v) is 19.4. The largest absolute Gasteiger partial charge is 1.00 e. The molecule has 0 amide bonds. The number of benzene rings is 4. The molecular weight excluding hydrogens is 559 g/mol. The van der Waals surface area contributed by atoms with E-state index >= 15 is 0 Å². The Morgan fingerprint density at radius 2 is 1.13 bits per heavy atom. The van der Waals surface area contributed by atoms with E-state index in [1.54, 1.807) is 0 Å². The average molecular weight is 598 g/mol. The third kappa shape index (κ3) is 5.96. The maximum Gasteiger partial charge on any atom is -1.00 e. The summed E-state index contributed by atoms with van der Waals surface area (Å²) in [6.07, 6.45) is -0.640. The van der Waals surface area contributed by atoms with Crippen molar-refractivity contribution < 1.29 is 45.1 Å². The van der Waals surface area contributed by atoms with Crippen LogP contribution in [0.15, 0.2) is 78.9 Å². The Morgan fingerprint density at radius 1 is 0.632 bits per heavy atom. The van der Waals surface area contributed by atoms with Gasteiger partial charge in [0, 0.05) is 0 Å². The summed E-state index contributed by atoms with van der Waals surface area (Å²) in [7, 11) is 0. The molecule has 4 aromatic carbocycles. The molecule has 1 aliphatic rings. The normalized spacial score (nSPS) is 12.5. The fourth-order valence-corrected chi connectivity index (χ4v) is 13.9. The Morgan fingerprint density at radius 3 is 1.61 bits per heavy atom. The SMILES string of the molecule is C[Si](C)=[Ti+2]([O]c1ccc2ccccc2c1)[CH]1c2cc(C(C)(C)C)ccc2-c2ccc(C(C)(C)C)cc21.[Cl-].[Cl-]. The molecule has 0 spiro atoms. The minimum Gasteiger partial charge on any atom is -1.00 e. The van der Waals surface area contributed by atoms with Crippen LogP contribution >= 0.6 is 0 Å². The van der Waals surface area contributed by atoms with Gasteiger partial charge in [-0.15, -0.1) is 0 Å². The molecule has 0 saturated carbocycles. The number of fused-ring (bicyclic) bond motifs is 4. The van der Waals surface area contributed by atoms with Gasteiger partial charge in [-0.2, -0.15) is 0 Å². The zero-order valence-corrected chi connectivity index (χ0v) is 27.8. The van der Waals surface area contributed by atoms with Crippen molar-refractivity contribution in [1.82, 2.24) is 0 Å². The summed E-state index contributed by atoms with van der Waals surface area (Å²) in [5, 5.41) is 2.52. The topological polar surface area (TPSA) is 9.23 Å². The van der Waals surface area contributed by atoms with Crippen LogP contribution < -0.4 is 28.1 Å². The second-order valence-electron chi connectivity index (χ2n) is 12.5. The van der Waals surface area contributed by atoms with E-state index in [0.717, 1.165) is 5.75 Å². The van der Waals surface area contributed by atoms with Crippen LogP contribution in [0.3, 0.4) is 0 Å². The molecule has 0 unspecified atom stereocenters. The van der Waals surface area contributed by atoms with Gasteiger partial charge in [0.05, 0.1) is 0 Å². The molecule has 1 nitrogen and oxygen atoms in total. The molecule has 38 heavy (non-hydrogen) atoms. The minimum absolute atomic E-state index is 0. The van der Waals surface area contributed by atoms with Crippen molar-refractivity contribution in [2.45, 2.75) is 69.7 Å². The molecule has 0 bridgehead atoms. The van der Waals surface area contributed by atoms with Gasteiger partial charge in [0.1, 0.15) is 0 Å². The van der Waals surface area contributed by atoms with Gasteiger partial charge in [-0.05, 0) is 0 Å². The predicted molar refractivity (Wildman–Crippen MR) is 153 cm³/mol. The molecule has 0 atom stereocenters. The van der Waals surface area contributed by atoms with Crippen molar-refractivity contribution in [1.29, 1.82) is 0 Å². The first kappa shape index (κ1) is 31.0. The van der Waals surface area contributed by atoms with Gasteiger partial charge in [-0.3, -0.25) is 0 Å². The molecule has 0 aromatic heterocycles. The van der Waals surface area contributed by atoms with Gasteiger partial charge in [0.2, 0.25) is 0 Å². The summed E-state index contributed by atoms with van der Waals surface area (Å²) in [5.74, 6) is 1.05. The first-order chi connectivity index (χ1) is 16.9. The molecule has 0 heterocycles. The van der Waals surface area contributed by atoms with E-state index in [-0.39, 0.29) is 35.6 Å². The fraction of sp³-hybridized carbons (Fsp3) is 0.333. The maximum absolute atomic E-state index is 7.14. The van der Waals surface area contributed by atoms with Crippen LogP contribution in [-0.4, -0.2) is 6.19 Å². The van der Waals surface area contributed by atoms with E-state index in [1.807, 2.05) is 0 Å². The van der Waals surface area contributed by atoms with E-state index < -0.39 is 23.2 Å². The van der Waals surface area contributed by atoms with E-state index in [9.17, 15) is 0 Å². The van der Waals surface area contributed by atoms with Gasteiger partial charge in [-0.1, -0.05) is 0 Å². The molecule has 0 fully saturated rings. The zero-order valence-electron chi connectivity index (χ0n) is 23.7. The molecule has 198 valence electrons. The Balaban J connectivity index is 0.00000200. The third-order valence-electron chi connectivity index (χ3n) is 7.45. The van der Waals surface area contributed by atoms with Gasteiger partial charge < -0.3 is 24.8 Å². The maximum atomic E-state index is 7.14. The van der Waals surface area contributed by atoms with E-state index in [1.165, 1.54) is 44.2 Å². The molecule has 4 aromatic rings. The van der Waals surface area contributed by atoms with Crippen LogP contribution in [0.25, 0.3) is 21.9 Å². The van der Waals surface area contributed by atoms with Crippen molar-refractivity contribution in [3.05, 3.63) is 101 Å².